The smallest absolute Gasteiger partial charge is 0.293 e. The molecule has 0 unspecified atom stereocenters. The molecule has 0 spiro atoms. The zero-order chi connectivity index (χ0) is 23.7. The van der Waals surface area contributed by atoms with Crippen LogP contribution < -0.4 is 10.2 Å². The molecule has 174 valence electrons. The third-order valence-electron chi connectivity index (χ3n) is 5.55. The van der Waals surface area contributed by atoms with Gasteiger partial charge in [-0.1, -0.05) is 18.3 Å². The molecule has 2 aromatic heterocycles. The fourth-order valence-corrected chi connectivity index (χ4v) is 4.64. The van der Waals surface area contributed by atoms with Gasteiger partial charge in [-0.15, -0.1) is 10.2 Å². The van der Waals surface area contributed by atoms with Gasteiger partial charge >= 0.3 is 0 Å². The van der Waals surface area contributed by atoms with Gasteiger partial charge in [0, 0.05) is 42.4 Å². The Morgan fingerprint density at radius 2 is 1.94 bits per heavy atom. The molecule has 12 heteroatoms. The topological polar surface area (TPSA) is 128 Å². The molecular weight excluding hydrogens is 458 g/mol. The van der Waals surface area contributed by atoms with Crippen molar-refractivity contribution in [3.05, 3.63) is 64.0 Å². The fourth-order valence-electron chi connectivity index (χ4n) is 3.78. The minimum absolute atomic E-state index is 0.0976. The molecule has 1 amide bonds. The van der Waals surface area contributed by atoms with E-state index in [1.165, 1.54) is 17.4 Å². The second-order valence-electron chi connectivity index (χ2n) is 7.66. The second kappa shape index (κ2) is 9.15. The lowest BCUT2D eigenvalue weighted by Gasteiger charge is -2.28. The Hall–Kier alpha value is -3.90. The van der Waals surface area contributed by atoms with Crippen molar-refractivity contribution in [1.29, 1.82) is 0 Å². The number of aromatic nitrogens is 4. The number of hydrogen-bond acceptors (Lipinski definition) is 9. The highest BCUT2D eigenvalue weighted by Gasteiger charge is 2.23. The Morgan fingerprint density at radius 3 is 2.65 bits per heavy atom. The van der Waals surface area contributed by atoms with Crippen LogP contribution in [0.5, 0.6) is 0 Å². The first-order valence-electron chi connectivity index (χ1n) is 10.8. The highest BCUT2D eigenvalue weighted by Crippen LogP contribution is 2.31. The van der Waals surface area contributed by atoms with Crippen LogP contribution in [-0.2, 0) is 11.2 Å². The molecule has 0 atom stereocenters. The first-order valence-corrected chi connectivity index (χ1v) is 11.6. The molecule has 1 fully saturated rings. The number of nitrogens with zero attached hydrogens (tertiary/aromatic N) is 6. The van der Waals surface area contributed by atoms with E-state index in [-0.39, 0.29) is 11.3 Å². The van der Waals surface area contributed by atoms with Gasteiger partial charge in [0.15, 0.2) is 5.82 Å². The molecular formula is C22H21N7O4S. The van der Waals surface area contributed by atoms with Gasteiger partial charge in [-0.2, -0.15) is 9.61 Å². The number of anilines is 2. The summed E-state index contributed by atoms with van der Waals surface area (Å²) in [7, 11) is 0. The Balaban J connectivity index is 1.33. The SMILES string of the molecule is CCc1nnc2sc(-c3ccc(NC(=O)c4ccc(N5CCOCC5)c([N+](=O)[O-])c4)cc3)nn12. The lowest BCUT2D eigenvalue weighted by atomic mass is 10.1. The maximum absolute atomic E-state index is 12.8. The molecule has 1 aliphatic heterocycles. The average molecular weight is 480 g/mol. The van der Waals surface area contributed by atoms with E-state index in [4.69, 9.17) is 4.74 Å². The molecule has 1 saturated heterocycles. The van der Waals surface area contributed by atoms with Crippen molar-refractivity contribution in [2.24, 2.45) is 0 Å². The van der Waals surface area contributed by atoms with Gasteiger partial charge in [-0.05, 0) is 36.4 Å². The summed E-state index contributed by atoms with van der Waals surface area (Å²) in [5.74, 6) is 0.380. The van der Waals surface area contributed by atoms with Crippen LogP contribution in [0.25, 0.3) is 15.5 Å². The van der Waals surface area contributed by atoms with E-state index in [9.17, 15) is 14.9 Å². The van der Waals surface area contributed by atoms with Crippen molar-refractivity contribution in [2.45, 2.75) is 13.3 Å². The first kappa shape index (κ1) is 21.9. The van der Waals surface area contributed by atoms with E-state index in [2.05, 4.69) is 20.6 Å². The Labute approximate surface area is 198 Å². The normalized spacial score (nSPS) is 13.9. The molecule has 0 aliphatic carbocycles. The van der Waals surface area contributed by atoms with Crippen molar-refractivity contribution in [2.75, 3.05) is 36.5 Å². The molecule has 3 heterocycles. The number of fused-ring (bicyclic) bond motifs is 1. The summed E-state index contributed by atoms with van der Waals surface area (Å²) >= 11 is 1.44. The van der Waals surface area contributed by atoms with Crippen LogP contribution in [0, 0.1) is 10.1 Å². The van der Waals surface area contributed by atoms with Crippen molar-refractivity contribution in [3.63, 3.8) is 0 Å². The summed E-state index contributed by atoms with van der Waals surface area (Å²) in [6.45, 7) is 4.16. The molecule has 1 aliphatic rings. The number of amides is 1. The molecule has 0 radical (unpaired) electrons. The molecule has 1 N–H and O–H groups in total. The number of carbonyl (C=O) groups is 1. The number of carbonyl (C=O) groups excluding carboxylic acids is 1. The Bertz CT molecular complexity index is 1360. The zero-order valence-electron chi connectivity index (χ0n) is 18.3. The van der Waals surface area contributed by atoms with Crippen LogP contribution in [0.2, 0.25) is 0 Å². The number of benzene rings is 2. The Kier molecular flexibility index (Phi) is 5.90. The number of rotatable bonds is 6. The number of nitro benzene ring substituents is 1. The first-order chi connectivity index (χ1) is 16.5. The largest absolute Gasteiger partial charge is 0.378 e. The standard InChI is InChI=1S/C22H21N7O4S/c1-2-19-24-25-22-28(19)26-21(34-22)14-3-6-16(7-4-14)23-20(30)15-5-8-17(18(13-15)29(31)32)27-9-11-33-12-10-27/h3-8,13H,2,9-12H2,1H3,(H,23,30). The summed E-state index contributed by atoms with van der Waals surface area (Å²) in [5, 5.41) is 28.1. The van der Waals surface area contributed by atoms with Crippen molar-refractivity contribution < 1.29 is 14.5 Å². The third kappa shape index (κ3) is 4.20. The molecule has 34 heavy (non-hydrogen) atoms. The van der Waals surface area contributed by atoms with Crippen molar-refractivity contribution in [3.8, 4) is 10.6 Å². The number of nitro groups is 1. The van der Waals surface area contributed by atoms with Crippen molar-refractivity contribution in [1.82, 2.24) is 19.8 Å². The van der Waals surface area contributed by atoms with Crippen LogP contribution in [0.4, 0.5) is 17.1 Å². The van der Waals surface area contributed by atoms with Crippen LogP contribution in [0.1, 0.15) is 23.1 Å². The van der Waals surface area contributed by atoms with Gasteiger partial charge in [0.05, 0.1) is 18.1 Å². The number of ether oxygens (including phenoxy) is 1. The van der Waals surface area contributed by atoms with Gasteiger partial charge < -0.3 is 15.0 Å². The van der Waals surface area contributed by atoms with Crippen LogP contribution in [-0.4, -0.2) is 56.9 Å². The molecule has 2 aromatic carbocycles. The minimum atomic E-state index is -0.458. The molecule has 4 aromatic rings. The highest BCUT2D eigenvalue weighted by molar-refractivity contribution is 7.19. The van der Waals surface area contributed by atoms with Crippen LogP contribution in [0.3, 0.4) is 0 Å². The van der Waals surface area contributed by atoms with Crippen LogP contribution in [0.15, 0.2) is 42.5 Å². The lowest BCUT2D eigenvalue weighted by Crippen LogP contribution is -2.36. The quantitative estimate of drug-likeness (QED) is 0.329. The number of aryl methyl sites for hydroxylation is 1. The van der Waals surface area contributed by atoms with Crippen LogP contribution >= 0.6 is 11.3 Å². The van der Waals surface area contributed by atoms with E-state index in [0.717, 1.165) is 27.8 Å². The second-order valence-corrected chi connectivity index (χ2v) is 8.62. The predicted molar refractivity (Wildman–Crippen MR) is 128 cm³/mol. The van der Waals surface area contributed by atoms with Crippen molar-refractivity contribution >= 4 is 39.3 Å². The van der Waals surface area contributed by atoms with Gasteiger partial charge in [0.25, 0.3) is 11.6 Å². The minimum Gasteiger partial charge on any atom is -0.378 e. The van der Waals surface area contributed by atoms with Gasteiger partial charge in [-0.3, -0.25) is 14.9 Å². The monoisotopic (exact) mass is 479 g/mol. The van der Waals surface area contributed by atoms with E-state index < -0.39 is 10.8 Å². The van der Waals surface area contributed by atoms with Gasteiger partial charge in [0.2, 0.25) is 4.96 Å². The maximum Gasteiger partial charge on any atom is 0.293 e. The van der Waals surface area contributed by atoms with E-state index in [1.807, 2.05) is 24.0 Å². The maximum atomic E-state index is 12.8. The highest BCUT2D eigenvalue weighted by atomic mass is 32.1. The number of nitrogens with one attached hydrogen (secondary N) is 1. The summed E-state index contributed by atoms with van der Waals surface area (Å²) < 4.78 is 7.06. The molecule has 0 bridgehead atoms. The number of morpholine rings is 1. The van der Waals surface area contributed by atoms with E-state index in [1.54, 1.807) is 28.8 Å². The van der Waals surface area contributed by atoms with Gasteiger partial charge in [0.1, 0.15) is 10.7 Å². The predicted octanol–water partition coefficient (Wildman–Crippen LogP) is 3.41. The zero-order valence-corrected chi connectivity index (χ0v) is 19.1. The molecule has 5 rings (SSSR count). The number of hydrogen-bond donors (Lipinski definition) is 1. The summed E-state index contributed by atoms with van der Waals surface area (Å²) in [6.07, 6.45) is 0.737. The summed E-state index contributed by atoms with van der Waals surface area (Å²) in [5.41, 5.74) is 2.07. The summed E-state index contributed by atoms with van der Waals surface area (Å²) in [4.78, 5) is 26.6. The Morgan fingerprint density at radius 1 is 1.18 bits per heavy atom. The molecule has 0 saturated carbocycles. The van der Waals surface area contributed by atoms with Gasteiger partial charge in [-0.25, -0.2) is 0 Å². The average Bonchev–Trinajstić information content (AvgIpc) is 3.45. The molecule has 11 nitrogen and oxygen atoms in total. The van der Waals surface area contributed by atoms with E-state index in [0.29, 0.717) is 37.7 Å². The van der Waals surface area contributed by atoms with E-state index >= 15 is 0 Å². The lowest BCUT2D eigenvalue weighted by molar-refractivity contribution is -0.384. The fraction of sp³-hybridized carbons (Fsp3) is 0.273. The summed E-state index contributed by atoms with van der Waals surface area (Å²) in [6, 6.07) is 11.8. The third-order valence-corrected chi connectivity index (χ3v) is 6.50.